The van der Waals surface area contributed by atoms with E-state index in [4.69, 9.17) is 10.9 Å². The molecular weight excluding hydrogens is 260 g/mol. The van der Waals surface area contributed by atoms with E-state index in [0.717, 1.165) is 21.8 Å². The molecule has 3 N–H and O–H groups in total. The molecule has 0 aliphatic heterocycles. The van der Waals surface area contributed by atoms with Gasteiger partial charge >= 0.3 is 0 Å². The van der Waals surface area contributed by atoms with E-state index in [1.165, 1.54) is 5.56 Å². The summed E-state index contributed by atoms with van der Waals surface area (Å²) in [6.07, 6.45) is 3.84. The highest BCUT2D eigenvalue weighted by Gasteiger charge is 2.05. The van der Waals surface area contributed by atoms with Crippen LogP contribution in [0.4, 0.5) is 0 Å². The van der Waals surface area contributed by atoms with Crippen LogP contribution in [0, 0.1) is 6.92 Å². The Bertz CT molecular complexity index is 606. The summed E-state index contributed by atoms with van der Waals surface area (Å²) in [4.78, 5) is 1.14. The number of benzene rings is 1. The van der Waals surface area contributed by atoms with Crippen molar-refractivity contribution in [2.24, 2.45) is 17.9 Å². The van der Waals surface area contributed by atoms with Crippen molar-refractivity contribution in [2.75, 3.05) is 0 Å². The van der Waals surface area contributed by atoms with Gasteiger partial charge in [0.1, 0.15) is 0 Å². The molecule has 0 saturated carbocycles. The van der Waals surface area contributed by atoms with E-state index in [2.05, 4.69) is 10.3 Å². The number of thioether (sulfide) groups is 1. The second-order valence-corrected chi connectivity index (χ2v) is 5.31. The largest absolute Gasteiger partial charge is 0.409 e. The minimum atomic E-state index is 0.134. The number of hydrogen-bond donors (Lipinski definition) is 2. The van der Waals surface area contributed by atoms with Gasteiger partial charge in [0.25, 0.3) is 0 Å². The third-order valence-corrected chi connectivity index (χ3v) is 3.82. The van der Waals surface area contributed by atoms with Crippen molar-refractivity contribution < 1.29 is 5.21 Å². The lowest BCUT2D eigenvalue weighted by atomic mass is 10.1. The molecule has 0 spiro atoms. The molecule has 19 heavy (non-hydrogen) atoms. The number of hydrogen-bond acceptors (Lipinski definition) is 4. The molecule has 100 valence electrons. The van der Waals surface area contributed by atoms with Crippen LogP contribution >= 0.6 is 11.8 Å². The average Bonchev–Trinajstić information content (AvgIpc) is 2.82. The monoisotopic (exact) mass is 276 g/mol. The van der Waals surface area contributed by atoms with Gasteiger partial charge in [0.15, 0.2) is 5.84 Å². The van der Waals surface area contributed by atoms with E-state index in [1.807, 2.05) is 44.6 Å². The van der Waals surface area contributed by atoms with Crippen LogP contribution in [0.3, 0.4) is 0 Å². The maximum absolute atomic E-state index is 8.65. The molecule has 2 rings (SSSR count). The normalized spacial score (nSPS) is 11.8. The van der Waals surface area contributed by atoms with Gasteiger partial charge in [0.2, 0.25) is 0 Å². The molecule has 1 aromatic heterocycles. The van der Waals surface area contributed by atoms with Crippen molar-refractivity contribution in [3.8, 4) is 0 Å². The zero-order valence-electron chi connectivity index (χ0n) is 10.9. The maximum atomic E-state index is 8.65. The van der Waals surface area contributed by atoms with E-state index in [-0.39, 0.29) is 5.84 Å². The Morgan fingerprint density at radius 2 is 2.32 bits per heavy atom. The lowest BCUT2D eigenvalue weighted by molar-refractivity contribution is 0.318. The van der Waals surface area contributed by atoms with E-state index in [0.29, 0.717) is 0 Å². The second kappa shape index (κ2) is 5.79. The maximum Gasteiger partial charge on any atom is 0.170 e. The summed E-state index contributed by atoms with van der Waals surface area (Å²) >= 11 is 1.73. The van der Waals surface area contributed by atoms with E-state index >= 15 is 0 Å². The number of oxime groups is 1. The Morgan fingerprint density at radius 1 is 1.53 bits per heavy atom. The fraction of sp³-hybridized carbons (Fsp3) is 0.231. The van der Waals surface area contributed by atoms with E-state index in [9.17, 15) is 0 Å². The molecule has 0 radical (unpaired) electrons. The van der Waals surface area contributed by atoms with Crippen molar-refractivity contribution in [2.45, 2.75) is 17.6 Å². The summed E-state index contributed by atoms with van der Waals surface area (Å²) in [6.45, 7) is 2.02. The first-order chi connectivity index (χ1) is 9.10. The van der Waals surface area contributed by atoms with Gasteiger partial charge in [-0.25, -0.2) is 0 Å². The van der Waals surface area contributed by atoms with Crippen molar-refractivity contribution >= 4 is 17.6 Å². The number of aryl methyl sites for hydroxylation is 2. The van der Waals surface area contributed by atoms with Crippen LogP contribution in [-0.2, 0) is 12.8 Å². The van der Waals surface area contributed by atoms with Crippen molar-refractivity contribution in [3.05, 3.63) is 47.3 Å². The minimum absolute atomic E-state index is 0.134. The molecule has 1 heterocycles. The van der Waals surface area contributed by atoms with Gasteiger partial charge in [-0.3, -0.25) is 4.68 Å². The molecule has 0 amide bonds. The molecule has 0 aliphatic carbocycles. The second-order valence-electron chi connectivity index (χ2n) is 4.26. The summed E-state index contributed by atoms with van der Waals surface area (Å²) < 4.78 is 1.79. The Kier molecular flexibility index (Phi) is 4.11. The van der Waals surface area contributed by atoms with Gasteiger partial charge in [-0.2, -0.15) is 5.10 Å². The molecule has 0 unspecified atom stereocenters. The van der Waals surface area contributed by atoms with E-state index in [1.54, 1.807) is 16.4 Å². The van der Waals surface area contributed by atoms with Crippen LogP contribution in [0.2, 0.25) is 0 Å². The molecule has 0 aliphatic rings. The molecule has 6 heteroatoms. The topological polar surface area (TPSA) is 76.4 Å². The first-order valence-electron chi connectivity index (χ1n) is 5.79. The smallest absolute Gasteiger partial charge is 0.170 e. The molecule has 0 bridgehead atoms. The summed E-state index contributed by atoms with van der Waals surface area (Å²) in [7, 11) is 1.90. The predicted molar refractivity (Wildman–Crippen MR) is 76.5 cm³/mol. The van der Waals surface area contributed by atoms with Crippen molar-refractivity contribution in [3.63, 3.8) is 0 Å². The van der Waals surface area contributed by atoms with Crippen LogP contribution < -0.4 is 5.73 Å². The summed E-state index contributed by atoms with van der Waals surface area (Å²) in [6, 6.07) is 5.79. The van der Waals surface area contributed by atoms with Crippen molar-refractivity contribution in [1.29, 1.82) is 0 Å². The number of nitrogens with two attached hydrogens (primary N) is 1. The molecule has 0 fully saturated rings. The van der Waals surface area contributed by atoms with Crippen LogP contribution in [0.5, 0.6) is 0 Å². The summed E-state index contributed by atoms with van der Waals surface area (Å²) in [5.74, 6) is 1.00. The SMILES string of the molecule is Cc1cc(/C(N)=N/O)ccc1CSc1cnn(C)c1. The Morgan fingerprint density at radius 3 is 2.89 bits per heavy atom. The molecule has 2 aromatic rings. The molecule has 1 aromatic carbocycles. The Hall–Kier alpha value is -1.95. The third kappa shape index (κ3) is 3.29. The van der Waals surface area contributed by atoms with Gasteiger partial charge in [-0.1, -0.05) is 17.3 Å². The lowest BCUT2D eigenvalue weighted by Crippen LogP contribution is -2.13. The summed E-state index contributed by atoms with van der Waals surface area (Å²) in [5.41, 5.74) is 8.65. The highest BCUT2D eigenvalue weighted by molar-refractivity contribution is 7.98. The first kappa shape index (κ1) is 13.5. The van der Waals surface area contributed by atoms with Crippen LogP contribution in [0.15, 0.2) is 40.6 Å². The van der Waals surface area contributed by atoms with Crippen LogP contribution in [0.1, 0.15) is 16.7 Å². The molecule has 5 nitrogen and oxygen atoms in total. The molecule has 0 saturated heterocycles. The highest BCUT2D eigenvalue weighted by atomic mass is 32.2. The zero-order valence-corrected chi connectivity index (χ0v) is 11.7. The van der Waals surface area contributed by atoms with Gasteiger partial charge in [0, 0.05) is 29.5 Å². The number of rotatable bonds is 4. The number of amidine groups is 1. The number of nitrogens with zero attached hydrogens (tertiary/aromatic N) is 3. The third-order valence-electron chi connectivity index (χ3n) is 2.82. The fourth-order valence-corrected chi connectivity index (χ4v) is 2.70. The minimum Gasteiger partial charge on any atom is -0.409 e. The standard InChI is InChI=1S/C13H16N4OS/c1-9-5-10(13(14)16-18)3-4-11(9)8-19-12-6-15-17(2)7-12/h3-7,18H,8H2,1-2H3,(H2,14,16). The summed E-state index contributed by atoms with van der Waals surface area (Å²) in [5, 5.41) is 15.8. The number of aromatic nitrogens is 2. The Labute approximate surface area is 116 Å². The lowest BCUT2D eigenvalue weighted by Gasteiger charge is -2.07. The highest BCUT2D eigenvalue weighted by Crippen LogP contribution is 2.24. The van der Waals surface area contributed by atoms with Crippen molar-refractivity contribution in [1.82, 2.24) is 9.78 Å². The van der Waals surface area contributed by atoms with E-state index < -0.39 is 0 Å². The van der Waals surface area contributed by atoms with Gasteiger partial charge < -0.3 is 10.9 Å². The van der Waals surface area contributed by atoms with Gasteiger partial charge in [0.05, 0.1) is 6.20 Å². The molecular formula is C13H16N4OS. The first-order valence-corrected chi connectivity index (χ1v) is 6.77. The molecule has 0 atom stereocenters. The van der Waals surface area contributed by atoms with Gasteiger partial charge in [-0.15, -0.1) is 11.8 Å². The van der Waals surface area contributed by atoms with Crippen LogP contribution in [0.25, 0.3) is 0 Å². The predicted octanol–water partition coefficient (Wildman–Crippen LogP) is 2.12. The van der Waals surface area contributed by atoms with Gasteiger partial charge in [-0.05, 0) is 24.1 Å². The zero-order chi connectivity index (χ0) is 13.8. The fourth-order valence-electron chi connectivity index (χ4n) is 1.71. The Balaban J connectivity index is 2.09. The average molecular weight is 276 g/mol. The van der Waals surface area contributed by atoms with Crippen LogP contribution in [-0.4, -0.2) is 20.8 Å². The quantitative estimate of drug-likeness (QED) is 0.295.